The van der Waals surface area contributed by atoms with Crippen molar-refractivity contribution in [1.82, 2.24) is 4.90 Å². The first kappa shape index (κ1) is 34.8. The summed E-state index contributed by atoms with van der Waals surface area (Å²) in [7, 11) is 7.87. The molecule has 3 aliphatic carbocycles. The monoisotopic (exact) mass is 526 g/mol. The van der Waals surface area contributed by atoms with Gasteiger partial charge in [-0.3, -0.25) is 4.90 Å². The molecule has 0 N–H and O–H groups in total. The van der Waals surface area contributed by atoms with Crippen LogP contribution in [0.5, 0.6) is 0 Å². The summed E-state index contributed by atoms with van der Waals surface area (Å²) in [6.45, 7) is 14.8. The standard InChI is InChI=1S/C23H43N2Si.2C2H6N.CH3.Ti/c1-15-12-13-19-18(14-15)20-21(25(19)5)16-10-8-9-11-17(16)22(20)26(6,7)24-23(2,3)4;2*1-3-2;;/h15-22H,8-14H2,1-7H3;2*1-2H3;1H3;/q4*-1;+4. The molecule has 8 unspecified atom stereocenters. The Bertz CT molecular complexity index is 565. The zero-order valence-electron chi connectivity index (χ0n) is 24.9. The SMILES string of the molecule is CC1CCC2C(C1)C1C(C3CCCCC3C1[Si](C)(C)[N-]C(C)(C)C)N2C.C[N-]C.C[N-]C.[CH3-].[Ti+4]. The molecule has 0 radical (unpaired) electrons. The van der Waals surface area contributed by atoms with Crippen LogP contribution in [0, 0.1) is 37.0 Å². The fraction of sp³-hybridized carbons (Fsp3) is 0.964. The van der Waals surface area contributed by atoms with Gasteiger partial charge in [0.1, 0.15) is 0 Å². The second-order valence-electron chi connectivity index (χ2n) is 12.9. The van der Waals surface area contributed by atoms with Crippen molar-refractivity contribution >= 4 is 8.24 Å². The van der Waals surface area contributed by atoms with Crippen LogP contribution >= 0.6 is 0 Å². The van der Waals surface area contributed by atoms with Gasteiger partial charge >= 0.3 is 21.7 Å². The Morgan fingerprint density at radius 3 is 1.82 bits per heavy atom. The Balaban J connectivity index is 0.00000124. The van der Waals surface area contributed by atoms with Crippen molar-refractivity contribution in [2.45, 2.75) is 109 Å². The van der Waals surface area contributed by atoms with E-state index in [9.17, 15) is 0 Å². The summed E-state index contributed by atoms with van der Waals surface area (Å²) < 4.78 is 0. The minimum absolute atomic E-state index is 0. The molecule has 1 saturated heterocycles. The van der Waals surface area contributed by atoms with Crippen LogP contribution in [0.1, 0.15) is 72.6 Å². The van der Waals surface area contributed by atoms with Crippen LogP contribution in [0.15, 0.2) is 0 Å². The molecule has 0 aromatic heterocycles. The molecule has 3 saturated carbocycles. The van der Waals surface area contributed by atoms with Gasteiger partial charge in [-0.1, -0.05) is 73.8 Å². The number of likely N-dealkylation sites (tertiary alicyclic amines) is 1. The number of hydrogen-bond acceptors (Lipinski definition) is 1. The second kappa shape index (κ2) is 14.6. The molecular weight excluding hydrogens is 468 g/mol. The van der Waals surface area contributed by atoms with Crippen LogP contribution in [0.25, 0.3) is 15.6 Å². The van der Waals surface area contributed by atoms with E-state index >= 15 is 0 Å². The van der Waals surface area contributed by atoms with Crippen LogP contribution in [-0.2, 0) is 21.7 Å². The third-order valence-electron chi connectivity index (χ3n) is 8.63. The fourth-order valence-electron chi connectivity index (χ4n) is 8.42. The molecule has 1 heterocycles. The Morgan fingerprint density at radius 2 is 1.32 bits per heavy atom. The van der Waals surface area contributed by atoms with E-state index in [0.717, 1.165) is 47.2 Å². The van der Waals surface area contributed by atoms with Crippen LogP contribution in [0.4, 0.5) is 0 Å². The van der Waals surface area contributed by atoms with E-state index < -0.39 is 8.24 Å². The van der Waals surface area contributed by atoms with Gasteiger partial charge in [0.2, 0.25) is 0 Å². The van der Waals surface area contributed by atoms with Gasteiger partial charge in [-0.15, -0.1) is 5.54 Å². The van der Waals surface area contributed by atoms with Gasteiger partial charge in [0, 0.05) is 12.1 Å². The van der Waals surface area contributed by atoms with E-state index in [4.69, 9.17) is 4.98 Å². The predicted molar refractivity (Wildman–Crippen MR) is 152 cm³/mol. The minimum Gasteiger partial charge on any atom is -0.668 e. The molecule has 0 aromatic carbocycles. The van der Waals surface area contributed by atoms with Crippen molar-refractivity contribution in [3.8, 4) is 0 Å². The second-order valence-corrected chi connectivity index (χ2v) is 17.0. The van der Waals surface area contributed by atoms with Crippen LogP contribution in [0.2, 0.25) is 18.6 Å². The minimum atomic E-state index is -1.63. The molecule has 4 rings (SSSR count). The number of nitrogens with zero attached hydrogens (tertiary/aromatic N) is 4. The van der Waals surface area contributed by atoms with Gasteiger partial charge in [0.15, 0.2) is 0 Å². The molecule has 0 aromatic rings. The predicted octanol–water partition coefficient (Wildman–Crippen LogP) is 7.98. The van der Waals surface area contributed by atoms with E-state index in [-0.39, 0.29) is 34.7 Å². The summed E-state index contributed by atoms with van der Waals surface area (Å²) in [4.78, 5) is 8.49. The van der Waals surface area contributed by atoms with Gasteiger partial charge in [-0.25, -0.2) is 0 Å². The summed E-state index contributed by atoms with van der Waals surface area (Å²) in [6.07, 6.45) is 10.4. The maximum absolute atomic E-state index is 5.58. The van der Waals surface area contributed by atoms with Crippen molar-refractivity contribution < 1.29 is 21.7 Å². The summed E-state index contributed by atoms with van der Waals surface area (Å²) in [6, 6.07) is 1.76. The Morgan fingerprint density at radius 1 is 0.824 bits per heavy atom. The Kier molecular flexibility index (Phi) is 15.0. The first-order valence-corrected chi connectivity index (χ1v) is 16.4. The Hall–Kier alpha value is 0.771. The quantitative estimate of drug-likeness (QED) is 0.266. The summed E-state index contributed by atoms with van der Waals surface area (Å²) in [5, 5.41) is 7.00. The summed E-state index contributed by atoms with van der Waals surface area (Å²) in [5.41, 5.74) is 1.06. The third-order valence-corrected chi connectivity index (χ3v) is 12.3. The molecule has 0 amide bonds. The first-order valence-electron chi connectivity index (χ1n) is 13.3. The van der Waals surface area contributed by atoms with Gasteiger partial charge in [-0.05, 0) is 62.3 Å². The van der Waals surface area contributed by atoms with Gasteiger partial charge in [-0.2, -0.15) is 28.2 Å². The van der Waals surface area contributed by atoms with Crippen molar-refractivity contribution in [3.63, 3.8) is 0 Å². The largest absolute Gasteiger partial charge is 4.00 e. The number of rotatable bonds is 2. The zero-order chi connectivity index (χ0) is 24.3. The van der Waals surface area contributed by atoms with Crippen molar-refractivity contribution in [2.24, 2.45) is 29.6 Å². The van der Waals surface area contributed by atoms with Crippen molar-refractivity contribution in [3.05, 3.63) is 23.0 Å². The molecule has 1 aliphatic heterocycles. The number of fused-ring (bicyclic) bond motifs is 5. The molecule has 198 valence electrons. The van der Waals surface area contributed by atoms with E-state index in [1.165, 1.54) is 44.9 Å². The van der Waals surface area contributed by atoms with Gasteiger partial charge in [0.25, 0.3) is 0 Å². The van der Waals surface area contributed by atoms with Crippen molar-refractivity contribution in [2.75, 3.05) is 35.2 Å². The first-order chi connectivity index (χ1) is 14.9. The molecule has 34 heavy (non-hydrogen) atoms. The summed E-state index contributed by atoms with van der Waals surface area (Å²) >= 11 is 0. The third kappa shape index (κ3) is 7.88. The molecule has 4 nitrogen and oxygen atoms in total. The smallest absolute Gasteiger partial charge is 0.668 e. The normalized spacial score (nSPS) is 36.8. The van der Waals surface area contributed by atoms with Crippen LogP contribution < -0.4 is 0 Å². The van der Waals surface area contributed by atoms with E-state index in [1.54, 1.807) is 28.2 Å². The molecule has 8 atom stereocenters. The zero-order valence-corrected chi connectivity index (χ0v) is 27.4. The average Bonchev–Trinajstić information content (AvgIpc) is 3.15. The molecule has 0 spiro atoms. The molecule has 4 aliphatic rings. The van der Waals surface area contributed by atoms with E-state index in [2.05, 4.69) is 63.4 Å². The molecule has 0 bridgehead atoms. The summed E-state index contributed by atoms with van der Waals surface area (Å²) in [5.74, 6) is 4.81. The van der Waals surface area contributed by atoms with Crippen molar-refractivity contribution in [1.29, 1.82) is 0 Å². The van der Waals surface area contributed by atoms with E-state index in [0.29, 0.717) is 0 Å². The van der Waals surface area contributed by atoms with Gasteiger partial charge < -0.3 is 23.0 Å². The fourth-order valence-corrected chi connectivity index (χ4v) is 13.1. The van der Waals surface area contributed by atoms with Crippen LogP contribution in [-0.4, -0.2) is 66.0 Å². The molecule has 6 heteroatoms. The molecular formula is C28H58N4SiTi. The van der Waals surface area contributed by atoms with E-state index in [1.807, 2.05) is 0 Å². The molecule has 4 fully saturated rings. The van der Waals surface area contributed by atoms with Crippen LogP contribution in [0.3, 0.4) is 0 Å². The topological polar surface area (TPSA) is 45.5 Å². The maximum atomic E-state index is 5.58. The maximum Gasteiger partial charge on any atom is 4.00 e. The van der Waals surface area contributed by atoms with Gasteiger partial charge in [0.05, 0.1) is 0 Å². The average molecular weight is 527 g/mol. The number of hydrogen-bond donors (Lipinski definition) is 0. The Labute approximate surface area is 230 Å².